The van der Waals surface area contributed by atoms with Crippen LogP contribution in [0.25, 0.3) is 0 Å². The minimum Gasteiger partial charge on any atom is -0.348 e. The first-order valence-corrected chi connectivity index (χ1v) is 9.93. The minimum absolute atomic E-state index is 0.0658. The summed E-state index contributed by atoms with van der Waals surface area (Å²) in [4.78, 5) is 2.19. The zero-order chi connectivity index (χ0) is 19.0. The highest BCUT2D eigenvalue weighted by Crippen LogP contribution is 2.37. The molecule has 0 aliphatic carbocycles. The van der Waals surface area contributed by atoms with Gasteiger partial charge in [0, 0.05) is 40.7 Å². The third-order valence-electron chi connectivity index (χ3n) is 4.86. The number of rotatable bonds is 2. The van der Waals surface area contributed by atoms with Gasteiger partial charge >= 0.3 is 0 Å². The minimum atomic E-state index is -0.0658. The summed E-state index contributed by atoms with van der Waals surface area (Å²) in [6.07, 6.45) is 2.10. The van der Waals surface area contributed by atoms with E-state index in [4.69, 9.17) is 35.4 Å². The number of fused-ring (bicyclic) bond motifs is 1. The van der Waals surface area contributed by atoms with Crippen LogP contribution in [0.2, 0.25) is 10.0 Å². The normalized spacial score (nSPS) is 16.1. The fraction of sp³-hybridized carbons (Fsp3) is 0.190. The Morgan fingerprint density at radius 3 is 2.59 bits per heavy atom. The van der Waals surface area contributed by atoms with E-state index >= 15 is 0 Å². The molecule has 1 aliphatic heterocycles. The number of thiocarbonyl (C=S) groups is 1. The van der Waals surface area contributed by atoms with Gasteiger partial charge in [0.05, 0.1) is 6.04 Å². The number of benzene rings is 2. The van der Waals surface area contributed by atoms with Crippen molar-refractivity contribution in [1.29, 1.82) is 0 Å². The number of nitrogens with zero attached hydrogens (tertiary/aromatic N) is 2. The largest absolute Gasteiger partial charge is 0.348 e. The van der Waals surface area contributed by atoms with E-state index < -0.39 is 0 Å². The van der Waals surface area contributed by atoms with Gasteiger partial charge in [-0.1, -0.05) is 47.0 Å². The maximum Gasteiger partial charge on any atom is 0.174 e. The molecule has 138 valence electrons. The summed E-state index contributed by atoms with van der Waals surface area (Å²) in [6.45, 7) is 3.74. The molecule has 1 atom stereocenters. The van der Waals surface area contributed by atoms with Crippen molar-refractivity contribution in [2.45, 2.75) is 19.5 Å². The zero-order valence-electron chi connectivity index (χ0n) is 14.8. The van der Waals surface area contributed by atoms with Gasteiger partial charge in [0.1, 0.15) is 0 Å². The number of hydrogen-bond donors (Lipinski definition) is 1. The van der Waals surface area contributed by atoms with E-state index in [9.17, 15) is 0 Å². The summed E-state index contributed by atoms with van der Waals surface area (Å²) >= 11 is 18.4. The molecule has 0 fully saturated rings. The molecule has 27 heavy (non-hydrogen) atoms. The summed E-state index contributed by atoms with van der Waals surface area (Å²) in [5, 5.41) is 5.32. The van der Waals surface area contributed by atoms with Crippen LogP contribution in [0, 0.1) is 6.92 Å². The average Bonchev–Trinajstić information content (AvgIpc) is 3.12. The molecule has 0 saturated carbocycles. The molecule has 1 N–H and O–H groups in total. The molecule has 0 bridgehead atoms. The predicted molar refractivity (Wildman–Crippen MR) is 117 cm³/mol. The fourth-order valence-electron chi connectivity index (χ4n) is 3.48. The van der Waals surface area contributed by atoms with Crippen LogP contribution in [0.4, 0.5) is 5.69 Å². The molecule has 0 spiro atoms. The second-order valence-electron chi connectivity index (χ2n) is 6.68. The highest BCUT2D eigenvalue weighted by Gasteiger charge is 2.31. The lowest BCUT2D eigenvalue weighted by Crippen LogP contribution is -2.44. The molecule has 3 aromatic rings. The number of aromatic nitrogens is 1. The molecule has 0 radical (unpaired) electrons. The molecule has 4 rings (SSSR count). The second kappa shape index (κ2) is 7.55. The Bertz CT molecular complexity index is 981. The fourth-order valence-corrected chi connectivity index (χ4v) is 4.31. The number of aryl methyl sites for hydroxylation is 1. The van der Waals surface area contributed by atoms with Crippen molar-refractivity contribution in [3.05, 3.63) is 87.7 Å². The van der Waals surface area contributed by atoms with Gasteiger partial charge in [-0.15, -0.1) is 0 Å². The molecule has 0 saturated heterocycles. The van der Waals surface area contributed by atoms with Crippen molar-refractivity contribution < 1.29 is 0 Å². The standard InChI is InChI=1S/C21H19Cl2N3S/c1-14-4-7-16(8-5-14)24-21(27)26-12-11-25-10-2-3-19(25)20(26)17-9-6-15(22)13-18(17)23/h2-10,13,20H,11-12H2,1H3,(H,24,27)/t20-/m1/s1. The lowest BCUT2D eigenvalue weighted by molar-refractivity contribution is 0.293. The molecule has 2 heterocycles. The van der Waals surface area contributed by atoms with Crippen LogP contribution >= 0.6 is 35.4 Å². The summed E-state index contributed by atoms with van der Waals surface area (Å²) in [5.41, 5.74) is 4.35. The Balaban J connectivity index is 1.70. The highest BCUT2D eigenvalue weighted by molar-refractivity contribution is 7.80. The summed E-state index contributed by atoms with van der Waals surface area (Å²) < 4.78 is 2.25. The summed E-state index contributed by atoms with van der Waals surface area (Å²) in [6, 6.07) is 18.0. The highest BCUT2D eigenvalue weighted by atomic mass is 35.5. The quantitative estimate of drug-likeness (QED) is 0.525. The average molecular weight is 416 g/mol. The van der Waals surface area contributed by atoms with Crippen LogP contribution in [0.3, 0.4) is 0 Å². The zero-order valence-corrected chi connectivity index (χ0v) is 17.2. The number of hydrogen-bond acceptors (Lipinski definition) is 1. The van der Waals surface area contributed by atoms with E-state index in [2.05, 4.69) is 52.2 Å². The third kappa shape index (κ3) is 3.70. The number of nitrogens with one attached hydrogen (secondary N) is 1. The van der Waals surface area contributed by atoms with E-state index in [0.29, 0.717) is 15.2 Å². The monoisotopic (exact) mass is 415 g/mol. The second-order valence-corrected chi connectivity index (χ2v) is 7.91. The Hall–Kier alpha value is -2.01. The summed E-state index contributed by atoms with van der Waals surface area (Å²) in [5.74, 6) is 0. The molecular formula is C21H19Cl2N3S. The van der Waals surface area contributed by atoms with E-state index in [0.717, 1.165) is 24.3 Å². The van der Waals surface area contributed by atoms with Crippen molar-refractivity contribution >= 4 is 46.2 Å². The first kappa shape index (κ1) is 18.4. The van der Waals surface area contributed by atoms with Gasteiger partial charge in [0.25, 0.3) is 0 Å². The molecular weight excluding hydrogens is 397 g/mol. The SMILES string of the molecule is Cc1ccc(NC(=S)N2CCn3cccc3[C@H]2c2ccc(Cl)cc2Cl)cc1. The van der Waals surface area contributed by atoms with Crippen molar-refractivity contribution in [2.24, 2.45) is 0 Å². The van der Waals surface area contributed by atoms with E-state index in [1.54, 1.807) is 6.07 Å². The van der Waals surface area contributed by atoms with Gasteiger partial charge in [-0.25, -0.2) is 0 Å². The van der Waals surface area contributed by atoms with Crippen LogP contribution in [-0.2, 0) is 6.54 Å². The molecule has 1 aliphatic rings. The van der Waals surface area contributed by atoms with Gasteiger partial charge in [0.15, 0.2) is 5.11 Å². The Morgan fingerprint density at radius 2 is 1.85 bits per heavy atom. The molecule has 6 heteroatoms. The maximum absolute atomic E-state index is 6.56. The van der Waals surface area contributed by atoms with Crippen molar-refractivity contribution in [1.82, 2.24) is 9.47 Å². The van der Waals surface area contributed by atoms with Gasteiger partial charge in [0.2, 0.25) is 0 Å². The predicted octanol–water partition coefficient (Wildman–Crippen LogP) is 5.91. The topological polar surface area (TPSA) is 20.2 Å². The first-order chi connectivity index (χ1) is 13.0. The van der Waals surface area contributed by atoms with E-state index in [1.807, 2.05) is 24.3 Å². The molecule has 0 amide bonds. The molecule has 2 aromatic carbocycles. The van der Waals surface area contributed by atoms with Crippen LogP contribution in [0.5, 0.6) is 0 Å². The lowest BCUT2D eigenvalue weighted by atomic mass is 10.00. The van der Waals surface area contributed by atoms with Crippen LogP contribution in [0.1, 0.15) is 22.9 Å². The maximum atomic E-state index is 6.56. The Kier molecular flexibility index (Phi) is 5.13. The third-order valence-corrected chi connectivity index (χ3v) is 5.76. The summed E-state index contributed by atoms with van der Waals surface area (Å²) in [7, 11) is 0. The van der Waals surface area contributed by atoms with Gasteiger partial charge in [-0.3, -0.25) is 0 Å². The van der Waals surface area contributed by atoms with Gasteiger partial charge in [-0.2, -0.15) is 0 Å². The molecule has 0 unspecified atom stereocenters. The van der Waals surface area contributed by atoms with E-state index in [1.165, 1.54) is 11.3 Å². The van der Waals surface area contributed by atoms with Gasteiger partial charge in [-0.05, 0) is 61.1 Å². The van der Waals surface area contributed by atoms with Crippen molar-refractivity contribution in [3.8, 4) is 0 Å². The van der Waals surface area contributed by atoms with Crippen LogP contribution < -0.4 is 5.32 Å². The smallest absolute Gasteiger partial charge is 0.174 e. The van der Waals surface area contributed by atoms with Crippen LogP contribution in [-0.4, -0.2) is 21.1 Å². The van der Waals surface area contributed by atoms with Crippen molar-refractivity contribution in [2.75, 3.05) is 11.9 Å². The van der Waals surface area contributed by atoms with E-state index in [-0.39, 0.29) is 6.04 Å². The first-order valence-electron chi connectivity index (χ1n) is 8.77. The Labute approximate surface area is 174 Å². The molecule has 1 aromatic heterocycles. The van der Waals surface area contributed by atoms with Gasteiger partial charge < -0.3 is 14.8 Å². The number of anilines is 1. The molecule has 3 nitrogen and oxygen atoms in total. The number of halogens is 2. The Morgan fingerprint density at radius 1 is 1.07 bits per heavy atom. The van der Waals surface area contributed by atoms with Crippen molar-refractivity contribution in [3.63, 3.8) is 0 Å². The lowest BCUT2D eigenvalue weighted by Gasteiger charge is -2.39. The van der Waals surface area contributed by atoms with Crippen LogP contribution in [0.15, 0.2) is 60.8 Å².